The van der Waals surface area contributed by atoms with Crippen LogP contribution in [0.2, 0.25) is 5.02 Å². The van der Waals surface area contributed by atoms with Crippen LogP contribution in [-0.4, -0.2) is 16.1 Å². The smallest absolute Gasteiger partial charge is 0.148 e. The highest BCUT2D eigenvalue weighted by Gasteiger charge is 2.53. The molecular formula is C36H44ClN3O. The van der Waals surface area contributed by atoms with Crippen LogP contribution < -0.4 is 10.1 Å². The third kappa shape index (κ3) is 6.98. The lowest BCUT2D eigenvalue weighted by Gasteiger charge is -2.19. The Balaban J connectivity index is 1.000. The zero-order chi connectivity index (χ0) is 28.1. The number of aryl methyl sites for hydroxylation is 2. The van der Waals surface area contributed by atoms with Gasteiger partial charge in [-0.2, -0.15) is 0 Å². The number of hydrogen-bond donors (Lipinski definition) is 1. The molecule has 6 rings (SSSR count). The van der Waals surface area contributed by atoms with Gasteiger partial charge >= 0.3 is 0 Å². The van der Waals surface area contributed by atoms with Gasteiger partial charge in [0.05, 0.1) is 11.0 Å². The summed E-state index contributed by atoms with van der Waals surface area (Å²) in [7, 11) is 0. The minimum Gasteiger partial charge on any atom is -0.486 e. The van der Waals surface area contributed by atoms with Crippen LogP contribution >= 0.6 is 11.6 Å². The van der Waals surface area contributed by atoms with Crippen molar-refractivity contribution in [1.29, 1.82) is 0 Å². The normalized spacial score (nSPS) is 21.9. The maximum absolute atomic E-state index is 6.13. The second kappa shape index (κ2) is 13.0. The van der Waals surface area contributed by atoms with Gasteiger partial charge in [-0.3, -0.25) is 0 Å². The van der Waals surface area contributed by atoms with Crippen molar-refractivity contribution in [3.05, 3.63) is 94.8 Å². The third-order valence-electron chi connectivity index (χ3n) is 9.77. The molecule has 3 aromatic carbocycles. The molecular weight excluding hydrogens is 526 g/mol. The number of imidazole rings is 1. The fraction of sp³-hybridized carbons (Fsp3) is 0.472. The third-order valence-corrected chi connectivity index (χ3v) is 10.0. The number of benzene rings is 3. The SMILES string of the molecule is Cc1cccc2c1nc(COc1ccc(Cl)cc1)n2CCCC12CCC(CCCNCc3ccccc3)CCC1C2. The van der Waals surface area contributed by atoms with Crippen LogP contribution in [0.1, 0.15) is 74.7 Å². The highest BCUT2D eigenvalue weighted by atomic mass is 35.5. The summed E-state index contributed by atoms with van der Waals surface area (Å²) in [5, 5.41) is 4.36. The largest absolute Gasteiger partial charge is 0.486 e. The molecule has 0 aliphatic heterocycles. The summed E-state index contributed by atoms with van der Waals surface area (Å²) >= 11 is 6.06. The minimum atomic E-state index is 0.464. The average molecular weight is 570 g/mol. The molecule has 1 N–H and O–H groups in total. The van der Waals surface area contributed by atoms with Crippen LogP contribution in [0.3, 0.4) is 0 Å². The molecule has 2 aliphatic carbocycles. The predicted octanol–water partition coefficient (Wildman–Crippen LogP) is 9.12. The second-order valence-corrected chi connectivity index (χ2v) is 13.0. The van der Waals surface area contributed by atoms with E-state index in [1.807, 2.05) is 24.3 Å². The zero-order valence-corrected chi connectivity index (χ0v) is 25.2. The molecule has 3 unspecified atom stereocenters. The lowest BCUT2D eigenvalue weighted by molar-refractivity contribution is 0.287. The molecule has 1 aromatic heterocycles. The summed E-state index contributed by atoms with van der Waals surface area (Å²) in [6.45, 7) is 5.73. The standard InChI is InChI=1S/C36H44ClN3O/c1-27-8-5-12-33-35(27)39-34(26-41-32-17-15-31(37)16-18-32)40(33)23-7-20-36-21-19-28(13-14-30(36)24-36)11-6-22-38-25-29-9-3-2-4-10-29/h2-5,8-10,12,15-18,28,30,38H,6-7,11,13-14,19-26H2,1H3. The Morgan fingerprint density at radius 2 is 1.83 bits per heavy atom. The van der Waals surface area contributed by atoms with E-state index in [0.717, 1.165) is 53.6 Å². The van der Waals surface area contributed by atoms with E-state index in [0.29, 0.717) is 12.0 Å². The van der Waals surface area contributed by atoms with Crippen molar-refractivity contribution in [2.75, 3.05) is 6.54 Å². The van der Waals surface area contributed by atoms with Gasteiger partial charge in [0.15, 0.2) is 0 Å². The van der Waals surface area contributed by atoms with Gasteiger partial charge in [0, 0.05) is 18.1 Å². The van der Waals surface area contributed by atoms with Gasteiger partial charge in [0.2, 0.25) is 0 Å². The van der Waals surface area contributed by atoms with E-state index < -0.39 is 0 Å². The van der Waals surface area contributed by atoms with E-state index in [9.17, 15) is 0 Å². The summed E-state index contributed by atoms with van der Waals surface area (Å²) < 4.78 is 8.54. The maximum atomic E-state index is 6.13. The van der Waals surface area contributed by atoms with Gasteiger partial charge in [-0.25, -0.2) is 4.98 Å². The highest BCUT2D eigenvalue weighted by molar-refractivity contribution is 6.30. The van der Waals surface area contributed by atoms with Crippen molar-refractivity contribution in [3.63, 3.8) is 0 Å². The molecule has 41 heavy (non-hydrogen) atoms. The molecule has 0 amide bonds. The summed E-state index contributed by atoms with van der Waals surface area (Å²) in [5.41, 5.74) is 5.53. The van der Waals surface area contributed by atoms with Crippen LogP contribution in [-0.2, 0) is 19.7 Å². The lowest BCUT2D eigenvalue weighted by Crippen LogP contribution is -2.16. The van der Waals surface area contributed by atoms with Crippen molar-refractivity contribution >= 4 is 22.6 Å². The first-order chi connectivity index (χ1) is 20.1. The Kier molecular flexibility index (Phi) is 8.98. The Bertz CT molecular complexity index is 1420. The number of fused-ring (bicyclic) bond motifs is 2. The average Bonchev–Trinajstić information content (AvgIpc) is 3.60. The van der Waals surface area contributed by atoms with Gasteiger partial charge in [0.25, 0.3) is 0 Å². The first kappa shape index (κ1) is 28.3. The summed E-state index contributed by atoms with van der Waals surface area (Å²) in [4.78, 5) is 5.03. The van der Waals surface area contributed by atoms with Crippen LogP contribution in [0, 0.1) is 24.2 Å². The molecule has 0 bridgehead atoms. The van der Waals surface area contributed by atoms with E-state index in [4.69, 9.17) is 21.3 Å². The van der Waals surface area contributed by atoms with Crippen LogP contribution in [0.25, 0.3) is 11.0 Å². The van der Waals surface area contributed by atoms with Gasteiger partial charge in [-0.15, -0.1) is 0 Å². The maximum Gasteiger partial charge on any atom is 0.148 e. The van der Waals surface area contributed by atoms with Crippen molar-refractivity contribution in [2.24, 2.45) is 17.3 Å². The number of ether oxygens (including phenoxy) is 1. The topological polar surface area (TPSA) is 39.1 Å². The number of aromatic nitrogens is 2. The van der Waals surface area contributed by atoms with Gasteiger partial charge in [-0.05, 0) is 124 Å². The Morgan fingerprint density at radius 1 is 0.976 bits per heavy atom. The molecule has 1 heterocycles. The Labute approximate surface area is 250 Å². The monoisotopic (exact) mass is 569 g/mol. The Morgan fingerprint density at radius 3 is 2.68 bits per heavy atom. The van der Waals surface area contributed by atoms with Crippen LogP contribution in [0.4, 0.5) is 0 Å². The molecule has 216 valence electrons. The molecule has 0 saturated heterocycles. The van der Waals surface area contributed by atoms with Gasteiger partial charge < -0.3 is 14.6 Å². The number of para-hydroxylation sites is 1. The Hall–Kier alpha value is -2.82. The molecule has 0 spiro atoms. The van der Waals surface area contributed by atoms with E-state index in [1.165, 1.54) is 74.4 Å². The molecule has 2 saturated carbocycles. The summed E-state index contributed by atoms with van der Waals surface area (Å²) in [6.07, 6.45) is 12.4. The highest BCUT2D eigenvalue weighted by Crippen LogP contribution is 2.63. The molecule has 4 nitrogen and oxygen atoms in total. The zero-order valence-electron chi connectivity index (χ0n) is 24.5. The number of rotatable bonds is 13. The lowest BCUT2D eigenvalue weighted by atomic mass is 9.89. The number of halogens is 1. The molecule has 3 atom stereocenters. The van der Waals surface area contributed by atoms with Crippen LogP contribution in [0.5, 0.6) is 5.75 Å². The molecule has 4 aromatic rings. The van der Waals surface area contributed by atoms with Crippen molar-refractivity contribution < 1.29 is 4.74 Å². The number of hydrogen-bond acceptors (Lipinski definition) is 3. The molecule has 5 heteroatoms. The fourth-order valence-electron chi connectivity index (χ4n) is 7.25. The molecule has 2 aliphatic rings. The minimum absolute atomic E-state index is 0.464. The quantitative estimate of drug-likeness (QED) is 0.163. The summed E-state index contributed by atoms with van der Waals surface area (Å²) in [6, 6.07) is 24.8. The van der Waals surface area contributed by atoms with Crippen molar-refractivity contribution in [1.82, 2.24) is 14.9 Å². The van der Waals surface area contributed by atoms with Crippen molar-refractivity contribution in [3.8, 4) is 5.75 Å². The second-order valence-electron chi connectivity index (χ2n) is 12.5. The van der Waals surface area contributed by atoms with Crippen LogP contribution in [0.15, 0.2) is 72.8 Å². The van der Waals surface area contributed by atoms with E-state index >= 15 is 0 Å². The molecule has 0 radical (unpaired) electrons. The molecule has 2 fully saturated rings. The first-order valence-electron chi connectivity index (χ1n) is 15.7. The first-order valence-corrected chi connectivity index (χ1v) is 16.1. The van der Waals surface area contributed by atoms with E-state index in [2.05, 4.69) is 65.3 Å². The summed E-state index contributed by atoms with van der Waals surface area (Å²) in [5.74, 6) is 3.70. The predicted molar refractivity (Wildman–Crippen MR) is 169 cm³/mol. The number of nitrogens with zero attached hydrogens (tertiary/aromatic N) is 2. The van der Waals surface area contributed by atoms with E-state index in [1.54, 1.807) is 0 Å². The fourth-order valence-corrected chi connectivity index (χ4v) is 7.37. The number of nitrogens with one attached hydrogen (secondary N) is 1. The van der Waals surface area contributed by atoms with Gasteiger partial charge in [0.1, 0.15) is 18.2 Å². The van der Waals surface area contributed by atoms with E-state index in [-0.39, 0.29) is 0 Å². The van der Waals surface area contributed by atoms with Crippen molar-refractivity contribution in [2.45, 2.75) is 84.4 Å². The van der Waals surface area contributed by atoms with Gasteiger partial charge in [-0.1, -0.05) is 60.5 Å².